The third-order valence-corrected chi connectivity index (χ3v) is 6.26. The Morgan fingerprint density at radius 1 is 1.09 bits per heavy atom. The van der Waals surface area contributed by atoms with E-state index in [9.17, 15) is 26.7 Å². The minimum absolute atomic E-state index is 0.0389. The number of hydrogen-bond acceptors (Lipinski definition) is 4. The summed E-state index contributed by atoms with van der Waals surface area (Å²) >= 11 is 0. The molecule has 1 aromatic carbocycles. The number of sulfonamides is 1. The second-order valence-corrected chi connectivity index (χ2v) is 7.86. The van der Waals surface area contributed by atoms with Crippen LogP contribution >= 0.6 is 0 Å². The molecular weight excluding hydrogens is 333 g/mol. The van der Waals surface area contributed by atoms with Crippen LogP contribution < -0.4 is 0 Å². The molecular formula is C14H17F3N2O3S. The molecule has 0 aromatic heterocycles. The summed E-state index contributed by atoms with van der Waals surface area (Å²) in [6.07, 6.45) is -4.43. The summed E-state index contributed by atoms with van der Waals surface area (Å²) in [5, 5.41) is 9.66. The van der Waals surface area contributed by atoms with Crippen LogP contribution in [0.1, 0.15) is 12.0 Å². The minimum atomic E-state index is -4.49. The van der Waals surface area contributed by atoms with Crippen LogP contribution in [0.3, 0.4) is 0 Å². The standard InChI is InChI=1S/C14H17F3N2O3S/c15-14(16,17)10-1-3-13(4-2-10)23(21,22)19-6-5-18-9-12(20)7-11(18)8-19/h1-4,11-12,20H,5-9H2/t11-,12+/m0/s1. The summed E-state index contributed by atoms with van der Waals surface area (Å²) in [6.45, 7) is 1.58. The van der Waals surface area contributed by atoms with E-state index in [2.05, 4.69) is 0 Å². The van der Waals surface area contributed by atoms with Crippen molar-refractivity contribution in [2.24, 2.45) is 0 Å². The SMILES string of the molecule is O=S(=O)(c1ccc(C(F)(F)F)cc1)N1CCN2C[C@H](O)C[C@H]2C1. The number of aliphatic hydroxyl groups is 1. The number of benzene rings is 1. The number of halogens is 3. The molecule has 2 atom stereocenters. The van der Waals surface area contributed by atoms with Crippen LogP contribution in [-0.2, 0) is 16.2 Å². The topological polar surface area (TPSA) is 60.9 Å². The van der Waals surface area contributed by atoms with Crippen LogP contribution in [0.25, 0.3) is 0 Å². The molecule has 2 aliphatic rings. The summed E-state index contributed by atoms with van der Waals surface area (Å²) in [5.41, 5.74) is -0.875. The lowest BCUT2D eigenvalue weighted by atomic mass is 10.2. The summed E-state index contributed by atoms with van der Waals surface area (Å²) in [4.78, 5) is 1.90. The molecule has 0 spiro atoms. The van der Waals surface area contributed by atoms with Gasteiger partial charge in [0.25, 0.3) is 0 Å². The molecule has 23 heavy (non-hydrogen) atoms. The van der Waals surface area contributed by atoms with Crippen molar-refractivity contribution in [3.8, 4) is 0 Å². The van der Waals surface area contributed by atoms with E-state index in [1.807, 2.05) is 4.90 Å². The highest BCUT2D eigenvalue weighted by Gasteiger charge is 2.39. The van der Waals surface area contributed by atoms with Crippen LogP contribution in [0, 0.1) is 0 Å². The number of nitrogens with zero attached hydrogens (tertiary/aromatic N) is 2. The average molecular weight is 350 g/mol. The monoisotopic (exact) mass is 350 g/mol. The highest BCUT2D eigenvalue weighted by atomic mass is 32.2. The molecule has 0 bridgehead atoms. The zero-order valence-corrected chi connectivity index (χ0v) is 13.0. The van der Waals surface area contributed by atoms with E-state index in [0.717, 1.165) is 24.3 Å². The van der Waals surface area contributed by atoms with Gasteiger partial charge < -0.3 is 5.11 Å². The first-order chi connectivity index (χ1) is 10.7. The van der Waals surface area contributed by atoms with E-state index in [1.165, 1.54) is 4.31 Å². The molecule has 2 saturated heterocycles. The van der Waals surface area contributed by atoms with Crippen molar-refractivity contribution in [3.63, 3.8) is 0 Å². The summed E-state index contributed by atoms with van der Waals surface area (Å²) < 4.78 is 64.1. The first-order valence-electron chi connectivity index (χ1n) is 7.27. The van der Waals surface area contributed by atoms with Crippen LogP contribution in [-0.4, -0.2) is 61.1 Å². The maximum atomic E-state index is 12.6. The Morgan fingerprint density at radius 2 is 1.74 bits per heavy atom. The Hall–Kier alpha value is -1.16. The molecule has 0 saturated carbocycles. The third kappa shape index (κ3) is 3.23. The van der Waals surface area contributed by atoms with Crippen molar-refractivity contribution in [3.05, 3.63) is 29.8 Å². The molecule has 9 heteroatoms. The minimum Gasteiger partial charge on any atom is -0.392 e. The van der Waals surface area contributed by atoms with Crippen molar-refractivity contribution in [1.82, 2.24) is 9.21 Å². The Bertz CT molecular complexity index is 676. The largest absolute Gasteiger partial charge is 0.416 e. The smallest absolute Gasteiger partial charge is 0.392 e. The predicted molar refractivity (Wildman–Crippen MR) is 76.2 cm³/mol. The lowest BCUT2D eigenvalue weighted by Gasteiger charge is -2.36. The zero-order valence-electron chi connectivity index (χ0n) is 12.2. The Labute approximate surface area is 132 Å². The van der Waals surface area contributed by atoms with E-state index in [0.29, 0.717) is 19.5 Å². The zero-order chi connectivity index (χ0) is 16.8. The number of hydrogen-bond donors (Lipinski definition) is 1. The molecule has 0 unspecified atom stereocenters. The fraction of sp³-hybridized carbons (Fsp3) is 0.571. The molecule has 0 amide bonds. The van der Waals surface area contributed by atoms with E-state index in [4.69, 9.17) is 0 Å². The van der Waals surface area contributed by atoms with Crippen molar-refractivity contribution < 1.29 is 26.7 Å². The predicted octanol–water partition coefficient (Wildman–Crippen LogP) is 1.14. The van der Waals surface area contributed by atoms with Gasteiger partial charge in [0, 0.05) is 32.2 Å². The number of fused-ring (bicyclic) bond motifs is 1. The quantitative estimate of drug-likeness (QED) is 0.869. The maximum absolute atomic E-state index is 12.6. The average Bonchev–Trinajstić information content (AvgIpc) is 2.85. The first-order valence-corrected chi connectivity index (χ1v) is 8.71. The van der Waals surface area contributed by atoms with Crippen LogP contribution in [0.15, 0.2) is 29.2 Å². The molecule has 128 valence electrons. The second kappa shape index (κ2) is 5.73. The molecule has 5 nitrogen and oxygen atoms in total. The number of piperazine rings is 1. The first kappa shape index (κ1) is 16.7. The van der Waals surface area contributed by atoms with Crippen molar-refractivity contribution in [1.29, 1.82) is 0 Å². The molecule has 1 aromatic rings. The normalized spacial score (nSPS) is 27.1. The van der Waals surface area contributed by atoms with Gasteiger partial charge in [-0.1, -0.05) is 0 Å². The van der Waals surface area contributed by atoms with Crippen molar-refractivity contribution in [2.45, 2.75) is 29.6 Å². The number of rotatable bonds is 2. The molecule has 0 aliphatic carbocycles. The molecule has 2 aliphatic heterocycles. The highest BCUT2D eigenvalue weighted by molar-refractivity contribution is 7.89. The van der Waals surface area contributed by atoms with Crippen LogP contribution in [0.4, 0.5) is 13.2 Å². The summed E-state index contributed by atoms with van der Waals surface area (Å²) in [5.74, 6) is 0. The van der Waals surface area contributed by atoms with E-state index >= 15 is 0 Å². The fourth-order valence-electron chi connectivity index (χ4n) is 3.17. The lowest BCUT2D eigenvalue weighted by Crippen LogP contribution is -2.51. The van der Waals surface area contributed by atoms with Gasteiger partial charge in [-0.15, -0.1) is 0 Å². The Kier molecular flexibility index (Phi) is 4.16. The van der Waals surface area contributed by atoms with Crippen molar-refractivity contribution >= 4 is 10.0 Å². The van der Waals surface area contributed by atoms with Crippen LogP contribution in [0.2, 0.25) is 0 Å². The van der Waals surface area contributed by atoms with E-state index < -0.39 is 27.9 Å². The van der Waals surface area contributed by atoms with Gasteiger partial charge in [0.05, 0.1) is 16.6 Å². The van der Waals surface area contributed by atoms with Gasteiger partial charge in [-0.2, -0.15) is 17.5 Å². The van der Waals surface area contributed by atoms with E-state index in [-0.39, 0.29) is 24.0 Å². The Balaban J connectivity index is 1.79. The van der Waals surface area contributed by atoms with Gasteiger partial charge >= 0.3 is 6.18 Å². The van der Waals surface area contributed by atoms with Gasteiger partial charge in [0.15, 0.2) is 0 Å². The van der Waals surface area contributed by atoms with Gasteiger partial charge in [-0.25, -0.2) is 8.42 Å². The van der Waals surface area contributed by atoms with Crippen LogP contribution in [0.5, 0.6) is 0 Å². The molecule has 1 N–H and O–H groups in total. The highest BCUT2D eigenvalue weighted by Crippen LogP contribution is 2.31. The molecule has 2 heterocycles. The maximum Gasteiger partial charge on any atom is 0.416 e. The molecule has 2 fully saturated rings. The molecule has 3 rings (SSSR count). The van der Waals surface area contributed by atoms with Gasteiger partial charge in [-0.05, 0) is 30.7 Å². The summed E-state index contributed by atoms with van der Waals surface area (Å²) in [6, 6.07) is 3.51. The van der Waals surface area contributed by atoms with Gasteiger partial charge in [0.2, 0.25) is 10.0 Å². The Morgan fingerprint density at radius 3 is 2.35 bits per heavy atom. The third-order valence-electron chi connectivity index (χ3n) is 4.38. The number of alkyl halides is 3. The number of aliphatic hydroxyl groups excluding tert-OH is 1. The van der Waals surface area contributed by atoms with Crippen molar-refractivity contribution in [2.75, 3.05) is 26.2 Å². The lowest BCUT2D eigenvalue weighted by molar-refractivity contribution is -0.137. The van der Waals surface area contributed by atoms with Gasteiger partial charge in [0.1, 0.15) is 0 Å². The fourth-order valence-corrected chi connectivity index (χ4v) is 4.64. The summed E-state index contributed by atoms with van der Waals surface area (Å²) in [7, 11) is -3.82. The molecule has 0 radical (unpaired) electrons. The van der Waals surface area contributed by atoms with Gasteiger partial charge in [-0.3, -0.25) is 4.90 Å². The van der Waals surface area contributed by atoms with E-state index in [1.54, 1.807) is 0 Å². The second-order valence-electron chi connectivity index (χ2n) is 5.92.